The quantitative estimate of drug-likeness (QED) is 0.901. The standard InChI is InChI=1S/C16H22N2O/c1-5-8-13-16(19)15(11(2)3)18(17-13)14-10-7-6-9-12(14)4/h6-7,9-11,19H,5,8H2,1-4H3. The number of hydrogen-bond acceptors (Lipinski definition) is 2. The number of benzene rings is 1. The Labute approximate surface area is 114 Å². The second-order valence-electron chi connectivity index (χ2n) is 5.28. The van der Waals surface area contributed by atoms with Crippen LogP contribution in [0.25, 0.3) is 5.69 Å². The van der Waals surface area contributed by atoms with Gasteiger partial charge >= 0.3 is 0 Å². The fourth-order valence-corrected chi connectivity index (χ4v) is 2.38. The van der Waals surface area contributed by atoms with E-state index in [1.165, 1.54) is 0 Å². The summed E-state index contributed by atoms with van der Waals surface area (Å²) in [6.07, 6.45) is 1.79. The number of rotatable bonds is 4. The first-order chi connectivity index (χ1) is 9.06. The molecule has 0 fully saturated rings. The molecule has 0 unspecified atom stereocenters. The van der Waals surface area contributed by atoms with Crippen molar-refractivity contribution in [3.8, 4) is 11.4 Å². The normalized spacial score (nSPS) is 11.2. The van der Waals surface area contributed by atoms with Crippen LogP contribution >= 0.6 is 0 Å². The molecule has 0 aliphatic rings. The van der Waals surface area contributed by atoms with Gasteiger partial charge in [0.2, 0.25) is 0 Å². The lowest BCUT2D eigenvalue weighted by atomic mass is 10.1. The van der Waals surface area contributed by atoms with Crippen molar-refractivity contribution in [2.24, 2.45) is 0 Å². The van der Waals surface area contributed by atoms with Gasteiger partial charge in [0.05, 0.1) is 11.4 Å². The van der Waals surface area contributed by atoms with Gasteiger partial charge in [-0.3, -0.25) is 0 Å². The third kappa shape index (κ3) is 2.50. The summed E-state index contributed by atoms with van der Waals surface area (Å²) >= 11 is 0. The molecule has 0 radical (unpaired) electrons. The van der Waals surface area contributed by atoms with Crippen LogP contribution < -0.4 is 0 Å². The molecule has 102 valence electrons. The Kier molecular flexibility index (Phi) is 3.93. The van der Waals surface area contributed by atoms with Gasteiger partial charge in [0.1, 0.15) is 5.69 Å². The Bertz CT molecular complexity index is 570. The van der Waals surface area contributed by atoms with Crippen LogP contribution in [0.15, 0.2) is 24.3 Å². The predicted octanol–water partition coefficient (Wildman–Crippen LogP) is 3.96. The molecule has 2 aromatic rings. The minimum Gasteiger partial charge on any atom is -0.504 e. The first-order valence-electron chi connectivity index (χ1n) is 6.93. The first kappa shape index (κ1) is 13.7. The van der Waals surface area contributed by atoms with Crippen LogP contribution in [0.4, 0.5) is 0 Å². The van der Waals surface area contributed by atoms with Gasteiger partial charge in [-0.2, -0.15) is 5.10 Å². The maximum atomic E-state index is 10.4. The second kappa shape index (κ2) is 5.47. The Morgan fingerprint density at radius 2 is 1.95 bits per heavy atom. The van der Waals surface area contributed by atoms with Crippen LogP contribution in [-0.4, -0.2) is 14.9 Å². The summed E-state index contributed by atoms with van der Waals surface area (Å²) in [6.45, 7) is 8.33. The van der Waals surface area contributed by atoms with E-state index in [1.807, 2.05) is 22.9 Å². The highest BCUT2D eigenvalue weighted by Gasteiger charge is 2.20. The van der Waals surface area contributed by atoms with Gasteiger partial charge in [0, 0.05) is 0 Å². The first-order valence-corrected chi connectivity index (χ1v) is 6.93. The van der Waals surface area contributed by atoms with Gasteiger partial charge in [-0.25, -0.2) is 4.68 Å². The third-order valence-corrected chi connectivity index (χ3v) is 3.34. The molecular weight excluding hydrogens is 236 g/mol. The molecule has 1 aromatic carbocycles. The van der Waals surface area contributed by atoms with Crippen molar-refractivity contribution >= 4 is 0 Å². The van der Waals surface area contributed by atoms with Crippen molar-refractivity contribution in [2.75, 3.05) is 0 Å². The molecule has 2 rings (SSSR count). The zero-order valence-electron chi connectivity index (χ0n) is 12.1. The molecule has 1 N–H and O–H groups in total. The maximum Gasteiger partial charge on any atom is 0.160 e. The van der Waals surface area contributed by atoms with E-state index >= 15 is 0 Å². The zero-order chi connectivity index (χ0) is 14.0. The van der Waals surface area contributed by atoms with Crippen molar-refractivity contribution in [1.29, 1.82) is 0 Å². The molecule has 0 atom stereocenters. The minimum atomic E-state index is 0.234. The minimum absolute atomic E-state index is 0.234. The number of hydrogen-bond donors (Lipinski definition) is 1. The smallest absolute Gasteiger partial charge is 0.160 e. The molecule has 1 heterocycles. The maximum absolute atomic E-state index is 10.4. The van der Waals surface area contributed by atoms with E-state index in [-0.39, 0.29) is 5.92 Å². The summed E-state index contributed by atoms with van der Waals surface area (Å²) in [4.78, 5) is 0. The summed E-state index contributed by atoms with van der Waals surface area (Å²) in [7, 11) is 0. The monoisotopic (exact) mass is 258 g/mol. The zero-order valence-corrected chi connectivity index (χ0v) is 12.1. The number of para-hydroxylation sites is 1. The largest absolute Gasteiger partial charge is 0.504 e. The topological polar surface area (TPSA) is 38.0 Å². The van der Waals surface area contributed by atoms with E-state index in [0.717, 1.165) is 35.5 Å². The summed E-state index contributed by atoms with van der Waals surface area (Å²) in [5.74, 6) is 0.595. The Morgan fingerprint density at radius 3 is 2.53 bits per heavy atom. The molecular formula is C16H22N2O. The lowest BCUT2D eigenvalue weighted by Gasteiger charge is -2.12. The van der Waals surface area contributed by atoms with E-state index in [2.05, 4.69) is 38.9 Å². The number of nitrogens with zero attached hydrogens (tertiary/aromatic N) is 2. The Balaban J connectivity index is 2.62. The summed E-state index contributed by atoms with van der Waals surface area (Å²) in [5, 5.41) is 15.0. The number of aromatic hydroxyl groups is 1. The average molecular weight is 258 g/mol. The lowest BCUT2D eigenvalue weighted by molar-refractivity contribution is 0.456. The highest BCUT2D eigenvalue weighted by molar-refractivity contribution is 5.46. The average Bonchev–Trinajstić information content (AvgIpc) is 2.68. The van der Waals surface area contributed by atoms with Crippen LogP contribution in [0.3, 0.4) is 0 Å². The van der Waals surface area contributed by atoms with Gasteiger partial charge in [0.25, 0.3) is 0 Å². The van der Waals surface area contributed by atoms with E-state index in [0.29, 0.717) is 5.75 Å². The van der Waals surface area contributed by atoms with E-state index in [4.69, 9.17) is 0 Å². The molecule has 0 saturated heterocycles. The molecule has 0 saturated carbocycles. The molecule has 3 heteroatoms. The highest BCUT2D eigenvalue weighted by atomic mass is 16.3. The van der Waals surface area contributed by atoms with Crippen molar-refractivity contribution in [1.82, 2.24) is 9.78 Å². The van der Waals surface area contributed by atoms with Crippen molar-refractivity contribution in [3.05, 3.63) is 41.2 Å². The van der Waals surface area contributed by atoms with Crippen molar-refractivity contribution in [3.63, 3.8) is 0 Å². The molecule has 1 aromatic heterocycles. The summed E-state index contributed by atoms with van der Waals surface area (Å²) < 4.78 is 1.90. The van der Waals surface area contributed by atoms with E-state index < -0.39 is 0 Å². The van der Waals surface area contributed by atoms with Gasteiger partial charge < -0.3 is 5.11 Å². The fraction of sp³-hybridized carbons (Fsp3) is 0.438. The van der Waals surface area contributed by atoms with Crippen LogP contribution in [0.2, 0.25) is 0 Å². The molecule has 0 aliphatic heterocycles. The van der Waals surface area contributed by atoms with E-state index in [1.54, 1.807) is 0 Å². The highest BCUT2D eigenvalue weighted by Crippen LogP contribution is 2.32. The van der Waals surface area contributed by atoms with Crippen LogP contribution in [0.1, 0.15) is 50.1 Å². The van der Waals surface area contributed by atoms with Gasteiger partial charge in [0.15, 0.2) is 5.75 Å². The summed E-state index contributed by atoms with van der Waals surface area (Å²) in [5.41, 5.74) is 3.91. The number of aromatic nitrogens is 2. The molecule has 3 nitrogen and oxygen atoms in total. The summed E-state index contributed by atoms with van der Waals surface area (Å²) in [6, 6.07) is 8.13. The fourth-order valence-electron chi connectivity index (χ4n) is 2.38. The van der Waals surface area contributed by atoms with Gasteiger partial charge in [-0.15, -0.1) is 0 Å². The Morgan fingerprint density at radius 1 is 1.26 bits per heavy atom. The molecule has 0 aliphatic carbocycles. The van der Waals surface area contributed by atoms with E-state index in [9.17, 15) is 5.11 Å². The van der Waals surface area contributed by atoms with Gasteiger partial charge in [-0.05, 0) is 30.9 Å². The predicted molar refractivity (Wildman–Crippen MR) is 78.0 cm³/mol. The van der Waals surface area contributed by atoms with Crippen LogP contribution in [-0.2, 0) is 6.42 Å². The molecule has 0 bridgehead atoms. The third-order valence-electron chi connectivity index (χ3n) is 3.34. The van der Waals surface area contributed by atoms with Crippen LogP contribution in [0.5, 0.6) is 5.75 Å². The SMILES string of the molecule is CCCc1nn(-c2ccccc2C)c(C(C)C)c1O. The second-order valence-corrected chi connectivity index (χ2v) is 5.28. The lowest BCUT2D eigenvalue weighted by Crippen LogP contribution is -2.05. The Hall–Kier alpha value is -1.77. The van der Waals surface area contributed by atoms with Crippen LogP contribution in [0, 0.1) is 6.92 Å². The van der Waals surface area contributed by atoms with Gasteiger partial charge in [-0.1, -0.05) is 45.4 Å². The van der Waals surface area contributed by atoms with Crippen molar-refractivity contribution < 1.29 is 5.11 Å². The van der Waals surface area contributed by atoms with Crippen molar-refractivity contribution in [2.45, 2.75) is 46.5 Å². The molecule has 0 spiro atoms. The number of aryl methyl sites for hydroxylation is 2. The molecule has 0 amide bonds. The molecule has 19 heavy (non-hydrogen) atoms.